The molecule has 0 amide bonds. The third-order valence-electron chi connectivity index (χ3n) is 3.45. The maximum atomic E-state index is 5.68. The molecule has 1 aliphatic carbocycles. The molecule has 0 bridgehead atoms. The molecule has 1 saturated carbocycles. The molecule has 0 saturated heterocycles. The SMILES string of the molecule is COc1cccc(C2(CCN)CC2)c1OC. The largest absolute Gasteiger partial charge is 0.493 e. The second-order valence-corrected chi connectivity index (χ2v) is 4.36. The second kappa shape index (κ2) is 4.34. The summed E-state index contributed by atoms with van der Waals surface area (Å²) in [6.07, 6.45) is 3.43. The fourth-order valence-electron chi connectivity index (χ4n) is 2.39. The molecule has 16 heavy (non-hydrogen) atoms. The van der Waals surface area contributed by atoms with E-state index >= 15 is 0 Å². The Hall–Kier alpha value is -1.22. The molecule has 88 valence electrons. The zero-order valence-corrected chi connectivity index (χ0v) is 9.95. The smallest absolute Gasteiger partial charge is 0.164 e. The predicted octanol–water partition coefficient (Wildman–Crippen LogP) is 2.08. The average molecular weight is 221 g/mol. The Balaban J connectivity index is 2.40. The molecule has 2 rings (SSSR count). The van der Waals surface area contributed by atoms with Gasteiger partial charge < -0.3 is 15.2 Å². The van der Waals surface area contributed by atoms with E-state index in [9.17, 15) is 0 Å². The van der Waals surface area contributed by atoms with Crippen molar-refractivity contribution in [3.8, 4) is 11.5 Å². The van der Waals surface area contributed by atoms with Gasteiger partial charge in [0.2, 0.25) is 0 Å². The lowest BCUT2D eigenvalue weighted by molar-refractivity contribution is 0.347. The van der Waals surface area contributed by atoms with Crippen LogP contribution < -0.4 is 15.2 Å². The molecule has 0 aromatic heterocycles. The third-order valence-corrected chi connectivity index (χ3v) is 3.45. The minimum absolute atomic E-state index is 0.245. The van der Waals surface area contributed by atoms with Crippen molar-refractivity contribution in [1.82, 2.24) is 0 Å². The van der Waals surface area contributed by atoms with Gasteiger partial charge in [-0.05, 0) is 31.9 Å². The first kappa shape index (κ1) is 11.3. The van der Waals surface area contributed by atoms with E-state index in [1.54, 1.807) is 14.2 Å². The molecule has 0 radical (unpaired) electrons. The van der Waals surface area contributed by atoms with Gasteiger partial charge in [0.05, 0.1) is 14.2 Å². The standard InChI is InChI=1S/C13H19NO2/c1-15-11-5-3-4-10(12(11)16-2)13(6-7-13)8-9-14/h3-5H,6-9,14H2,1-2H3. The number of ether oxygens (including phenoxy) is 2. The highest BCUT2D eigenvalue weighted by atomic mass is 16.5. The lowest BCUT2D eigenvalue weighted by atomic mass is 9.91. The number of rotatable bonds is 5. The Labute approximate surface area is 96.5 Å². The minimum Gasteiger partial charge on any atom is -0.493 e. The van der Waals surface area contributed by atoms with Crippen LogP contribution in [-0.4, -0.2) is 20.8 Å². The molecule has 0 spiro atoms. The van der Waals surface area contributed by atoms with Crippen molar-refractivity contribution in [3.63, 3.8) is 0 Å². The molecular weight excluding hydrogens is 202 g/mol. The van der Waals surface area contributed by atoms with E-state index in [2.05, 4.69) is 6.07 Å². The van der Waals surface area contributed by atoms with E-state index in [1.165, 1.54) is 18.4 Å². The highest BCUT2D eigenvalue weighted by Crippen LogP contribution is 2.55. The van der Waals surface area contributed by atoms with Crippen molar-refractivity contribution in [2.75, 3.05) is 20.8 Å². The van der Waals surface area contributed by atoms with Gasteiger partial charge in [-0.25, -0.2) is 0 Å². The molecule has 1 fully saturated rings. The maximum Gasteiger partial charge on any atom is 0.164 e. The van der Waals surface area contributed by atoms with Gasteiger partial charge in [0.1, 0.15) is 0 Å². The number of para-hydroxylation sites is 1. The fraction of sp³-hybridized carbons (Fsp3) is 0.538. The highest BCUT2D eigenvalue weighted by molar-refractivity contribution is 5.52. The van der Waals surface area contributed by atoms with Gasteiger partial charge in [-0.2, -0.15) is 0 Å². The van der Waals surface area contributed by atoms with Gasteiger partial charge in [-0.1, -0.05) is 12.1 Å². The zero-order chi connectivity index (χ0) is 11.6. The van der Waals surface area contributed by atoms with E-state index in [-0.39, 0.29) is 5.41 Å². The lowest BCUT2D eigenvalue weighted by Gasteiger charge is -2.19. The van der Waals surface area contributed by atoms with E-state index in [0.717, 1.165) is 24.5 Å². The van der Waals surface area contributed by atoms with Crippen molar-refractivity contribution in [3.05, 3.63) is 23.8 Å². The lowest BCUT2D eigenvalue weighted by Crippen LogP contribution is -2.14. The van der Waals surface area contributed by atoms with Crippen LogP contribution in [0.25, 0.3) is 0 Å². The average Bonchev–Trinajstić information content (AvgIpc) is 3.09. The Bertz CT molecular complexity index is 372. The van der Waals surface area contributed by atoms with Crippen molar-refractivity contribution in [2.24, 2.45) is 5.73 Å². The fourth-order valence-corrected chi connectivity index (χ4v) is 2.39. The summed E-state index contributed by atoms with van der Waals surface area (Å²) in [6, 6.07) is 6.08. The summed E-state index contributed by atoms with van der Waals surface area (Å²) in [5, 5.41) is 0. The molecule has 1 aliphatic rings. The molecule has 3 nitrogen and oxygen atoms in total. The zero-order valence-electron chi connectivity index (χ0n) is 9.95. The van der Waals surface area contributed by atoms with Crippen LogP contribution in [0.1, 0.15) is 24.8 Å². The molecule has 2 N–H and O–H groups in total. The van der Waals surface area contributed by atoms with E-state index in [4.69, 9.17) is 15.2 Å². The maximum absolute atomic E-state index is 5.68. The molecule has 0 aliphatic heterocycles. The molecule has 1 aromatic rings. The first-order valence-electron chi connectivity index (χ1n) is 5.69. The number of hydrogen-bond acceptors (Lipinski definition) is 3. The van der Waals surface area contributed by atoms with Crippen molar-refractivity contribution < 1.29 is 9.47 Å². The molecule has 3 heteroatoms. The van der Waals surface area contributed by atoms with Crippen molar-refractivity contribution >= 4 is 0 Å². The van der Waals surface area contributed by atoms with Crippen LogP contribution in [0.4, 0.5) is 0 Å². The van der Waals surface area contributed by atoms with Crippen LogP contribution in [0, 0.1) is 0 Å². The van der Waals surface area contributed by atoms with Crippen LogP contribution in [0.2, 0.25) is 0 Å². The van der Waals surface area contributed by atoms with Crippen molar-refractivity contribution in [2.45, 2.75) is 24.7 Å². The summed E-state index contributed by atoms with van der Waals surface area (Å²) in [5.74, 6) is 1.68. The van der Waals surface area contributed by atoms with E-state index < -0.39 is 0 Å². The Morgan fingerprint density at radius 3 is 2.50 bits per heavy atom. The first-order valence-corrected chi connectivity index (χ1v) is 5.69. The van der Waals surface area contributed by atoms with Crippen LogP contribution in [0.15, 0.2) is 18.2 Å². The topological polar surface area (TPSA) is 44.5 Å². The Morgan fingerprint density at radius 1 is 1.25 bits per heavy atom. The monoisotopic (exact) mass is 221 g/mol. The molecule has 0 heterocycles. The summed E-state index contributed by atoms with van der Waals surface area (Å²) in [4.78, 5) is 0. The first-order chi connectivity index (χ1) is 7.77. The molecule has 1 aromatic carbocycles. The van der Waals surface area contributed by atoms with Crippen LogP contribution >= 0.6 is 0 Å². The summed E-state index contributed by atoms with van der Waals surface area (Å²) < 4.78 is 10.8. The van der Waals surface area contributed by atoms with Crippen molar-refractivity contribution in [1.29, 1.82) is 0 Å². The number of benzene rings is 1. The highest BCUT2D eigenvalue weighted by Gasteiger charge is 2.45. The normalized spacial score (nSPS) is 16.9. The van der Waals surface area contributed by atoms with Gasteiger partial charge in [0.25, 0.3) is 0 Å². The number of methoxy groups -OCH3 is 2. The van der Waals surface area contributed by atoms with E-state index in [1.807, 2.05) is 12.1 Å². The van der Waals surface area contributed by atoms with Crippen LogP contribution in [0.5, 0.6) is 11.5 Å². The number of hydrogen-bond donors (Lipinski definition) is 1. The minimum atomic E-state index is 0.245. The Morgan fingerprint density at radius 2 is 2.00 bits per heavy atom. The van der Waals surface area contributed by atoms with Gasteiger partial charge in [-0.3, -0.25) is 0 Å². The third kappa shape index (κ3) is 1.76. The quantitative estimate of drug-likeness (QED) is 0.828. The van der Waals surface area contributed by atoms with Crippen LogP contribution in [0.3, 0.4) is 0 Å². The van der Waals surface area contributed by atoms with Crippen LogP contribution in [-0.2, 0) is 5.41 Å². The van der Waals surface area contributed by atoms with Gasteiger partial charge in [0.15, 0.2) is 11.5 Å². The summed E-state index contributed by atoms with van der Waals surface area (Å²) in [7, 11) is 3.37. The molecular formula is C13H19NO2. The van der Waals surface area contributed by atoms with Gasteiger partial charge in [0, 0.05) is 11.0 Å². The summed E-state index contributed by atoms with van der Waals surface area (Å²) in [5.41, 5.74) is 7.18. The molecule has 0 unspecified atom stereocenters. The summed E-state index contributed by atoms with van der Waals surface area (Å²) >= 11 is 0. The predicted molar refractivity (Wildman–Crippen MR) is 64.1 cm³/mol. The van der Waals surface area contributed by atoms with E-state index in [0.29, 0.717) is 0 Å². The second-order valence-electron chi connectivity index (χ2n) is 4.36. The van der Waals surface area contributed by atoms with Gasteiger partial charge in [-0.15, -0.1) is 0 Å². The Kier molecular flexibility index (Phi) is 3.06. The number of nitrogens with two attached hydrogens (primary N) is 1. The van der Waals surface area contributed by atoms with Gasteiger partial charge >= 0.3 is 0 Å². The summed E-state index contributed by atoms with van der Waals surface area (Å²) in [6.45, 7) is 0.723. The molecule has 0 atom stereocenters.